The lowest BCUT2D eigenvalue weighted by Gasteiger charge is -2.34. The highest BCUT2D eigenvalue weighted by molar-refractivity contribution is 5.95. The minimum absolute atomic E-state index is 0.135. The molecule has 3 rings (SSSR count). The minimum atomic E-state index is -0.542. The van der Waals surface area contributed by atoms with E-state index in [-0.39, 0.29) is 18.0 Å². The third-order valence-corrected chi connectivity index (χ3v) is 4.71. The lowest BCUT2D eigenvalue weighted by atomic mass is 10.1. The topological polar surface area (TPSA) is 85.2 Å². The standard InChI is InChI=1S/C21H30N4O4/c1-6-28-16-10-8-12-25-17(14(2)22-18(16)25)19(26)23-15-9-7-11-24(13-15)20(27)29-21(3,4)5/h8,10,12,15H,6-7,9,11,13H2,1-5H3,(H,23,26)/t15-/m0/s1. The Hall–Kier alpha value is -2.77. The zero-order valence-electron chi connectivity index (χ0n) is 17.8. The molecule has 2 aromatic rings. The van der Waals surface area contributed by atoms with E-state index in [1.807, 2.05) is 46.8 Å². The van der Waals surface area contributed by atoms with E-state index in [0.29, 0.717) is 42.5 Å². The molecule has 0 unspecified atom stereocenters. The van der Waals surface area contributed by atoms with Gasteiger partial charge in [-0.25, -0.2) is 9.78 Å². The maximum absolute atomic E-state index is 13.0. The number of hydrogen-bond acceptors (Lipinski definition) is 5. The van der Waals surface area contributed by atoms with Gasteiger partial charge in [-0.15, -0.1) is 0 Å². The van der Waals surface area contributed by atoms with Crippen LogP contribution in [0.3, 0.4) is 0 Å². The molecule has 0 aromatic carbocycles. The van der Waals surface area contributed by atoms with Crippen LogP contribution in [0.5, 0.6) is 5.75 Å². The normalized spacial score (nSPS) is 17.3. The van der Waals surface area contributed by atoms with Gasteiger partial charge in [0.25, 0.3) is 5.91 Å². The van der Waals surface area contributed by atoms with E-state index < -0.39 is 5.60 Å². The summed E-state index contributed by atoms with van der Waals surface area (Å²) in [4.78, 5) is 31.6. The number of imidazole rings is 1. The SMILES string of the molecule is CCOc1cccn2c(C(=O)N[C@H]3CCCN(C(=O)OC(C)(C)C)C3)c(C)nc12. The van der Waals surface area contributed by atoms with E-state index in [0.717, 1.165) is 12.8 Å². The first-order valence-electron chi connectivity index (χ1n) is 10.1. The molecule has 1 saturated heterocycles. The summed E-state index contributed by atoms with van der Waals surface area (Å²) in [7, 11) is 0. The Morgan fingerprint density at radius 3 is 2.79 bits per heavy atom. The smallest absolute Gasteiger partial charge is 0.410 e. The molecule has 1 atom stereocenters. The van der Waals surface area contributed by atoms with Crippen LogP contribution in [-0.4, -0.2) is 57.6 Å². The molecule has 8 nitrogen and oxygen atoms in total. The Morgan fingerprint density at radius 2 is 2.10 bits per heavy atom. The van der Waals surface area contributed by atoms with Crippen molar-refractivity contribution in [3.05, 3.63) is 29.7 Å². The van der Waals surface area contributed by atoms with Gasteiger partial charge in [-0.05, 0) is 59.6 Å². The van der Waals surface area contributed by atoms with E-state index in [4.69, 9.17) is 9.47 Å². The van der Waals surface area contributed by atoms with E-state index in [9.17, 15) is 9.59 Å². The van der Waals surface area contributed by atoms with E-state index >= 15 is 0 Å². The number of pyridine rings is 1. The number of ether oxygens (including phenoxy) is 2. The second kappa shape index (κ2) is 8.31. The number of nitrogens with one attached hydrogen (secondary N) is 1. The molecule has 2 amide bonds. The van der Waals surface area contributed by atoms with Gasteiger partial charge in [-0.2, -0.15) is 0 Å². The largest absolute Gasteiger partial charge is 0.490 e. The number of carbonyl (C=O) groups excluding carboxylic acids is 2. The van der Waals surface area contributed by atoms with Crippen molar-refractivity contribution < 1.29 is 19.1 Å². The van der Waals surface area contributed by atoms with Crippen LogP contribution in [0.2, 0.25) is 0 Å². The van der Waals surface area contributed by atoms with Crippen LogP contribution in [0.15, 0.2) is 18.3 Å². The highest BCUT2D eigenvalue weighted by Crippen LogP contribution is 2.22. The molecule has 29 heavy (non-hydrogen) atoms. The number of aryl methyl sites for hydroxylation is 1. The van der Waals surface area contributed by atoms with Crippen LogP contribution in [0.4, 0.5) is 4.79 Å². The lowest BCUT2D eigenvalue weighted by Crippen LogP contribution is -2.50. The lowest BCUT2D eigenvalue weighted by molar-refractivity contribution is 0.0185. The quantitative estimate of drug-likeness (QED) is 0.849. The van der Waals surface area contributed by atoms with Crippen LogP contribution in [0.1, 0.15) is 56.7 Å². The molecular formula is C21H30N4O4. The summed E-state index contributed by atoms with van der Waals surface area (Å²) in [5, 5.41) is 3.06. The Labute approximate surface area is 171 Å². The summed E-state index contributed by atoms with van der Waals surface area (Å²) in [5.74, 6) is 0.436. The van der Waals surface area contributed by atoms with Gasteiger partial charge in [0, 0.05) is 25.3 Å². The molecule has 1 aliphatic rings. The minimum Gasteiger partial charge on any atom is -0.490 e. The fourth-order valence-electron chi connectivity index (χ4n) is 3.54. The van der Waals surface area contributed by atoms with Gasteiger partial charge in [0.05, 0.1) is 12.3 Å². The molecule has 0 saturated carbocycles. The summed E-state index contributed by atoms with van der Waals surface area (Å²) < 4.78 is 12.8. The van der Waals surface area contributed by atoms with E-state index in [1.165, 1.54) is 0 Å². The number of piperidine rings is 1. The molecule has 0 radical (unpaired) electrons. The Kier molecular flexibility index (Phi) is 6.00. The molecule has 0 aliphatic carbocycles. The molecule has 0 spiro atoms. The summed E-state index contributed by atoms with van der Waals surface area (Å²) in [6, 6.07) is 3.54. The van der Waals surface area contributed by atoms with Gasteiger partial charge >= 0.3 is 6.09 Å². The van der Waals surface area contributed by atoms with E-state index in [1.54, 1.807) is 15.5 Å². The zero-order chi connectivity index (χ0) is 21.2. The zero-order valence-corrected chi connectivity index (χ0v) is 17.8. The third-order valence-electron chi connectivity index (χ3n) is 4.71. The average Bonchev–Trinajstić information content (AvgIpc) is 2.98. The highest BCUT2D eigenvalue weighted by Gasteiger charge is 2.29. The van der Waals surface area contributed by atoms with E-state index in [2.05, 4.69) is 10.3 Å². The Bertz CT molecular complexity index is 900. The van der Waals surface area contributed by atoms with Crippen LogP contribution >= 0.6 is 0 Å². The van der Waals surface area contributed by atoms with Crippen molar-refractivity contribution in [2.75, 3.05) is 19.7 Å². The Morgan fingerprint density at radius 1 is 1.34 bits per heavy atom. The number of carbonyl (C=O) groups is 2. The Balaban J connectivity index is 1.74. The number of likely N-dealkylation sites (tertiary alicyclic amines) is 1. The molecule has 2 aromatic heterocycles. The van der Waals surface area contributed by atoms with Crippen LogP contribution in [0, 0.1) is 6.92 Å². The second-order valence-electron chi connectivity index (χ2n) is 8.28. The molecule has 1 aliphatic heterocycles. The first-order chi connectivity index (χ1) is 13.7. The van der Waals surface area contributed by atoms with Gasteiger partial charge in [-0.3, -0.25) is 9.20 Å². The van der Waals surface area contributed by atoms with Gasteiger partial charge in [0.1, 0.15) is 11.3 Å². The van der Waals surface area contributed by atoms with Crippen molar-refractivity contribution in [1.29, 1.82) is 0 Å². The number of amides is 2. The monoisotopic (exact) mass is 402 g/mol. The first kappa shape index (κ1) is 21.0. The van der Waals surface area contributed by atoms with Crippen molar-refractivity contribution in [3.63, 3.8) is 0 Å². The average molecular weight is 402 g/mol. The molecule has 0 bridgehead atoms. The van der Waals surface area contributed by atoms with Crippen LogP contribution < -0.4 is 10.1 Å². The van der Waals surface area contributed by atoms with Crippen molar-refractivity contribution in [3.8, 4) is 5.75 Å². The van der Waals surface area contributed by atoms with Crippen LogP contribution in [0.25, 0.3) is 5.65 Å². The van der Waals surface area contributed by atoms with Crippen LogP contribution in [-0.2, 0) is 4.74 Å². The number of aromatic nitrogens is 2. The predicted molar refractivity (Wildman–Crippen MR) is 109 cm³/mol. The molecule has 8 heteroatoms. The summed E-state index contributed by atoms with van der Waals surface area (Å²) in [6.45, 7) is 10.8. The predicted octanol–water partition coefficient (Wildman–Crippen LogP) is 3.17. The molecule has 1 fully saturated rings. The number of fused-ring (bicyclic) bond motifs is 1. The van der Waals surface area contributed by atoms with Gasteiger partial charge in [-0.1, -0.05) is 0 Å². The second-order valence-corrected chi connectivity index (χ2v) is 8.28. The fraction of sp³-hybridized carbons (Fsp3) is 0.571. The molecular weight excluding hydrogens is 372 g/mol. The highest BCUT2D eigenvalue weighted by atomic mass is 16.6. The maximum atomic E-state index is 13.0. The fourth-order valence-corrected chi connectivity index (χ4v) is 3.54. The summed E-state index contributed by atoms with van der Waals surface area (Å²) in [6.07, 6.45) is 3.08. The van der Waals surface area contributed by atoms with Gasteiger partial charge in [0.15, 0.2) is 11.4 Å². The van der Waals surface area contributed by atoms with Crippen molar-refractivity contribution in [2.24, 2.45) is 0 Å². The number of rotatable bonds is 4. The summed E-state index contributed by atoms with van der Waals surface area (Å²) >= 11 is 0. The molecule has 1 N–H and O–H groups in total. The van der Waals surface area contributed by atoms with Crippen molar-refractivity contribution >= 4 is 17.6 Å². The van der Waals surface area contributed by atoms with Gasteiger partial charge in [0.2, 0.25) is 0 Å². The summed E-state index contributed by atoms with van der Waals surface area (Å²) in [5.41, 5.74) is 1.19. The number of hydrogen-bond donors (Lipinski definition) is 1. The molecule has 3 heterocycles. The third kappa shape index (κ3) is 4.81. The van der Waals surface area contributed by atoms with Crippen molar-refractivity contribution in [1.82, 2.24) is 19.6 Å². The first-order valence-corrected chi connectivity index (χ1v) is 10.1. The van der Waals surface area contributed by atoms with Crippen molar-refractivity contribution in [2.45, 2.75) is 59.1 Å². The van der Waals surface area contributed by atoms with Gasteiger partial charge < -0.3 is 19.7 Å². The molecule has 158 valence electrons. The maximum Gasteiger partial charge on any atom is 0.410 e. The number of nitrogens with zero attached hydrogens (tertiary/aromatic N) is 3.